The first-order chi connectivity index (χ1) is 6.83. The Hall–Kier alpha value is -0.0800. The van der Waals surface area contributed by atoms with E-state index in [4.69, 9.17) is 0 Å². The Bertz CT molecular complexity index is 181. The Kier molecular flexibility index (Phi) is 3.45. The predicted molar refractivity (Wildman–Crippen MR) is 60.5 cm³/mol. The van der Waals surface area contributed by atoms with Crippen LogP contribution in [0.1, 0.15) is 39.0 Å². The summed E-state index contributed by atoms with van der Waals surface area (Å²) < 4.78 is 0. The average molecular weight is 196 g/mol. The molecule has 82 valence electrons. The molecule has 0 aromatic heterocycles. The van der Waals surface area contributed by atoms with E-state index in [-0.39, 0.29) is 0 Å². The van der Waals surface area contributed by atoms with Gasteiger partial charge in [-0.05, 0) is 32.9 Å². The second kappa shape index (κ2) is 4.63. The minimum absolute atomic E-state index is 0.865. The minimum atomic E-state index is 0.865. The summed E-state index contributed by atoms with van der Waals surface area (Å²) in [6, 6.07) is 1.74. The number of nitrogens with zero attached hydrogens (tertiary/aromatic N) is 2. The van der Waals surface area contributed by atoms with E-state index in [0.29, 0.717) is 0 Å². The summed E-state index contributed by atoms with van der Waals surface area (Å²) in [5, 5.41) is 0. The normalized spacial score (nSPS) is 35.6. The van der Waals surface area contributed by atoms with Crippen molar-refractivity contribution in [1.82, 2.24) is 9.80 Å². The van der Waals surface area contributed by atoms with Gasteiger partial charge in [-0.15, -0.1) is 0 Å². The number of hydrogen-bond acceptors (Lipinski definition) is 2. The van der Waals surface area contributed by atoms with Gasteiger partial charge in [-0.25, -0.2) is 0 Å². The molecule has 0 radical (unpaired) electrons. The molecule has 2 rings (SSSR count). The van der Waals surface area contributed by atoms with Crippen LogP contribution in [0.25, 0.3) is 0 Å². The van der Waals surface area contributed by atoms with Crippen LogP contribution in [0, 0.1) is 0 Å². The van der Waals surface area contributed by atoms with Crippen molar-refractivity contribution >= 4 is 0 Å². The second-order valence-electron chi connectivity index (χ2n) is 4.94. The molecule has 1 saturated heterocycles. The number of likely N-dealkylation sites (N-methyl/N-ethyl adjacent to an activating group) is 1. The van der Waals surface area contributed by atoms with Gasteiger partial charge in [-0.1, -0.05) is 19.8 Å². The van der Waals surface area contributed by atoms with Gasteiger partial charge in [-0.3, -0.25) is 4.90 Å². The minimum Gasteiger partial charge on any atom is -0.301 e. The third kappa shape index (κ3) is 1.96. The maximum absolute atomic E-state index is 2.74. The molecule has 0 spiro atoms. The van der Waals surface area contributed by atoms with E-state index in [1.54, 1.807) is 0 Å². The predicted octanol–water partition coefficient (Wildman–Crippen LogP) is 1.96. The second-order valence-corrected chi connectivity index (χ2v) is 4.94. The smallest absolute Gasteiger partial charge is 0.0252 e. The van der Waals surface area contributed by atoms with Gasteiger partial charge in [0, 0.05) is 25.2 Å². The van der Waals surface area contributed by atoms with Crippen LogP contribution in [-0.4, -0.2) is 48.6 Å². The van der Waals surface area contributed by atoms with Crippen LogP contribution >= 0.6 is 0 Å². The Morgan fingerprint density at radius 3 is 2.50 bits per heavy atom. The van der Waals surface area contributed by atoms with E-state index in [0.717, 1.165) is 12.1 Å². The van der Waals surface area contributed by atoms with E-state index in [1.165, 1.54) is 51.7 Å². The zero-order valence-electron chi connectivity index (χ0n) is 9.71. The Balaban J connectivity index is 2.00. The Labute approximate surface area is 88.3 Å². The summed E-state index contributed by atoms with van der Waals surface area (Å²) in [4.78, 5) is 5.33. The molecule has 1 saturated carbocycles. The Morgan fingerprint density at radius 2 is 1.79 bits per heavy atom. The van der Waals surface area contributed by atoms with Crippen molar-refractivity contribution in [2.24, 2.45) is 0 Å². The zero-order chi connectivity index (χ0) is 9.97. The van der Waals surface area contributed by atoms with Crippen LogP contribution in [0.3, 0.4) is 0 Å². The summed E-state index contributed by atoms with van der Waals surface area (Å²) in [5.41, 5.74) is 0. The molecule has 14 heavy (non-hydrogen) atoms. The lowest BCUT2D eigenvalue weighted by atomic mass is 9.86. The molecule has 0 aromatic carbocycles. The first-order valence-electron chi connectivity index (χ1n) is 6.27. The molecule has 0 amide bonds. The van der Waals surface area contributed by atoms with E-state index in [1.807, 2.05) is 0 Å². The van der Waals surface area contributed by atoms with Crippen molar-refractivity contribution in [2.75, 3.05) is 26.7 Å². The molecular weight excluding hydrogens is 172 g/mol. The van der Waals surface area contributed by atoms with Crippen molar-refractivity contribution < 1.29 is 0 Å². The van der Waals surface area contributed by atoms with Gasteiger partial charge in [0.2, 0.25) is 0 Å². The van der Waals surface area contributed by atoms with Crippen molar-refractivity contribution in [3.8, 4) is 0 Å². The molecule has 0 unspecified atom stereocenters. The van der Waals surface area contributed by atoms with Gasteiger partial charge in [0.1, 0.15) is 0 Å². The highest BCUT2D eigenvalue weighted by molar-refractivity contribution is 4.92. The van der Waals surface area contributed by atoms with Crippen LogP contribution in [0.15, 0.2) is 0 Å². The largest absolute Gasteiger partial charge is 0.301 e. The molecule has 2 aliphatic rings. The maximum atomic E-state index is 2.74. The molecule has 1 heterocycles. The first kappa shape index (κ1) is 10.4. The molecule has 2 atom stereocenters. The van der Waals surface area contributed by atoms with Crippen LogP contribution in [0.4, 0.5) is 0 Å². The lowest BCUT2D eigenvalue weighted by molar-refractivity contribution is 0.0104. The van der Waals surface area contributed by atoms with Gasteiger partial charge in [0.05, 0.1) is 0 Å². The maximum Gasteiger partial charge on any atom is 0.0252 e. The summed E-state index contributed by atoms with van der Waals surface area (Å²) in [5.74, 6) is 0. The molecule has 0 bridgehead atoms. The summed E-state index contributed by atoms with van der Waals surface area (Å²) in [6.07, 6.45) is 7.09. The average Bonchev–Trinajstić information content (AvgIpc) is 2.23. The number of piperazine rings is 1. The van der Waals surface area contributed by atoms with Crippen molar-refractivity contribution in [3.05, 3.63) is 0 Å². The van der Waals surface area contributed by atoms with Gasteiger partial charge in [0.25, 0.3) is 0 Å². The fraction of sp³-hybridized carbons (Fsp3) is 1.00. The summed E-state index contributed by atoms with van der Waals surface area (Å²) >= 11 is 0. The molecular formula is C12H24N2. The highest BCUT2D eigenvalue weighted by atomic mass is 15.3. The molecule has 1 aliphatic heterocycles. The van der Waals surface area contributed by atoms with E-state index >= 15 is 0 Å². The molecule has 0 aromatic rings. The van der Waals surface area contributed by atoms with Gasteiger partial charge in [0.15, 0.2) is 0 Å². The molecule has 2 fully saturated rings. The fourth-order valence-electron chi connectivity index (χ4n) is 3.21. The van der Waals surface area contributed by atoms with Crippen molar-refractivity contribution in [1.29, 1.82) is 0 Å². The van der Waals surface area contributed by atoms with Crippen molar-refractivity contribution in [2.45, 2.75) is 51.1 Å². The summed E-state index contributed by atoms with van der Waals surface area (Å²) in [6.45, 7) is 6.19. The third-order valence-corrected chi connectivity index (χ3v) is 3.98. The lowest BCUT2D eigenvalue weighted by Crippen LogP contribution is -2.59. The SMILES string of the molecule is CCCN1CCN(C)[C@H]2CCCC[C@@H]21. The number of hydrogen-bond donors (Lipinski definition) is 0. The van der Waals surface area contributed by atoms with Gasteiger partial charge in [-0.2, -0.15) is 0 Å². The van der Waals surface area contributed by atoms with Crippen LogP contribution in [-0.2, 0) is 0 Å². The lowest BCUT2D eigenvalue weighted by Gasteiger charge is -2.48. The third-order valence-electron chi connectivity index (χ3n) is 3.98. The van der Waals surface area contributed by atoms with E-state index in [2.05, 4.69) is 23.8 Å². The first-order valence-corrected chi connectivity index (χ1v) is 6.27. The zero-order valence-corrected chi connectivity index (χ0v) is 9.71. The summed E-state index contributed by atoms with van der Waals surface area (Å²) in [7, 11) is 2.31. The molecule has 2 nitrogen and oxygen atoms in total. The van der Waals surface area contributed by atoms with E-state index in [9.17, 15) is 0 Å². The van der Waals surface area contributed by atoms with Crippen LogP contribution in [0.2, 0.25) is 0 Å². The number of fused-ring (bicyclic) bond motifs is 1. The standard InChI is InChI=1S/C12H24N2/c1-3-8-14-10-9-13(2)11-6-4-5-7-12(11)14/h11-12H,3-10H2,1-2H3/t11-,12-/m0/s1. The van der Waals surface area contributed by atoms with Crippen LogP contribution in [0.5, 0.6) is 0 Å². The fourth-order valence-corrected chi connectivity index (χ4v) is 3.21. The van der Waals surface area contributed by atoms with Gasteiger partial charge >= 0.3 is 0 Å². The van der Waals surface area contributed by atoms with Crippen molar-refractivity contribution in [3.63, 3.8) is 0 Å². The monoisotopic (exact) mass is 196 g/mol. The molecule has 1 aliphatic carbocycles. The highest BCUT2D eigenvalue weighted by Crippen LogP contribution is 2.29. The number of rotatable bonds is 2. The van der Waals surface area contributed by atoms with Crippen LogP contribution < -0.4 is 0 Å². The van der Waals surface area contributed by atoms with Gasteiger partial charge < -0.3 is 4.90 Å². The molecule has 0 N–H and O–H groups in total. The highest BCUT2D eigenvalue weighted by Gasteiger charge is 2.35. The molecule has 2 heteroatoms. The topological polar surface area (TPSA) is 6.48 Å². The van der Waals surface area contributed by atoms with E-state index < -0.39 is 0 Å². The Morgan fingerprint density at radius 1 is 1.07 bits per heavy atom. The quantitative estimate of drug-likeness (QED) is 0.666.